The Labute approximate surface area is 198 Å². The number of hydrogen-bond acceptors (Lipinski definition) is 8. The van der Waals surface area contributed by atoms with Gasteiger partial charge < -0.3 is 9.94 Å². The molecule has 0 saturated carbocycles. The molecule has 0 spiro atoms. The number of hydrogen-bond donors (Lipinski definition) is 2. The van der Waals surface area contributed by atoms with Crippen molar-refractivity contribution in [2.24, 2.45) is 5.16 Å². The van der Waals surface area contributed by atoms with E-state index >= 15 is 0 Å². The first-order valence-corrected chi connectivity index (χ1v) is 11.4. The molecule has 0 radical (unpaired) electrons. The lowest BCUT2D eigenvalue weighted by atomic mass is 10.0. The zero-order chi connectivity index (χ0) is 23.3. The van der Waals surface area contributed by atoms with Crippen LogP contribution in [0.2, 0.25) is 0 Å². The maximum absolute atomic E-state index is 12.6. The van der Waals surface area contributed by atoms with Crippen molar-refractivity contribution in [3.8, 4) is 5.75 Å². The summed E-state index contributed by atoms with van der Waals surface area (Å²) in [5.41, 5.74) is 3.88. The number of nitrogens with one attached hydrogen (secondary N) is 1. The van der Waals surface area contributed by atoms with Crippen molar-refractivity contribution in [3.63, 3.8) is 0 Å². The SMILES string of the molecule is O=c1sc2cc(/C(=N/O)c3ccccc3)ccc2n1CCOc1ccc(Cc2nnn[nH]2)cc1. The quantitative estimate of drug-likeness (QED) is 0.203. The van der Waals surface area contributed by atoms with Crippen LogP contribution in [-0.4, -0.2) is 42.7 Å². The van der Waals surface area contributed by atoms with Crippen molar-refractivity contribution in [1.82, 2.24) is 25.2 Å². The zero-order valence-corrected chi connectivity index (χ0v) is 18.8. The van der Waals surface area contributed by atoms with Gasteiger partial charge in [-0.05, 0) is 40.3 Å². The van der Waals surface area contributed by atoms with Crippen LogP contribution in [0.3, 0.4) is 0 Å². The second kappa shape index (κ2) is 9.67. The Hall–Kier alpha value is -4.31. The van der Waals surface area contributed by atoms with E-state index in [1.807, 2.05) is 72.8 Å². The Morgan fingerprint density at radius 3 is 2.62 bits per heavy atom. The summed E-state index contributed by atoms with van der Waals surface area (Å²) in [5, 5.41) is 26.8. The molecule has 0 fully saturated rings. The van der Waals surface area contributed by atoms with Crippen LogP contribution in [0.15, 0.2) is 82.7 Å². The van der Waals surface area contributed by atoms with Crippen LogP contribution < -0.4 is 9.61 Å². The average Bonchev–Trinajstić information content (AvgIpc) is 3.48. The Balaban J connectivity index is 1.27. The van der Waals surface area contributed by atoms with Crippen LogP contribution in [0.1, 0.15) is 22.5 Å². The normalized spacial score (nSPS) is 11.7. The summed E-state index contributed by atoms with van der Waals surface area (Å²) in [6.45, 7) is 0.773. The van der Waals surface area contributed by atoms with Gasteiger partial charge in [0.25, 0.3) is 0 Å². The molecule has 0 unspecified atom stereocenters. The smallest absolute Gasteiger partial charge is 0.308 e. The number of thiazole rings is 1. The van der Waals surface area contributed by atoms with E-state index in [0.29, 0.717) is 31.1 Å². The molecule has 5 aromatic rings. The minimum Gasteiger partial charge on any atom is -0.492 e. The highest BCUT2D eigenvalue weighted by Gasteiger charge is 2.13. The Kier molecular flexibility index (Phi) is 6.13. The summed E-state index contributed by atoms with van der Waals surface area (Å²) in [6, 6.07) is 22.7. The summed E-state index contributed by atoms with van der Waals surface area (Å²) in [6.07, 6.45) is 0.610. The fourth-order valence-electron chi connectivity index (χ4n) is 3.71. The minimum atomic E-state index is -0.0611. The minimum absolute atomic E-state index is 0.0611. The van der Waals surface area contributed by atoms with Crippen LogP contribution in [0.5, 0.6) is 5.75 Å². The molecular formula is C24H20N6O3S. The molecule has 5 rings (SSSR count). The van der Waals surface area contributed by atoms with Crippen LogP contribution >= 0.6 is 11.3 Å². The number of tetrazole rings is 1. The van der Waals surface area contributed by atoms with Gasteiger partial charge in [-0.3, -0.25) is 9.36 Å². The number of ether oxygens (including phenoxy) is 1. The van der Waals surface area contributed by atoms with Crippen molar-refractivity contribution < 1.29 is 9.94 Å². The zero-order valence-electron chi connectivity index (χ0n) is 18.0. The molecule has 2 N–H and O–H groups in total. The van der Waals surface area contributed by atoms with Crippen LogP contribution in [0, 0.1) is 0 Å². The third-order valence-electron chi connectivity index (χ3n) is 5.36. The fourth-order valence-corrected chi connectivity index (χ4v) is 4.67. The van der Waals surface area contributed by atoms with Crippen molar-refractivity contribution >= 4 is 27.3 Å². The van der Waals surface area contributed by atoms with Crippen molar-refractivity contribution in [1.29, 1.82) is 0 Å². The van der Waals surface area contributed by atoms with Gasteiger partial charge in [0.2, 0.25) is 0 Å². The Morgan fingerprint density at radius 2 is 1.88 bits per heavy atom. The lowest BCUT2D eigenvalue weighted by Crippen LogP contribution is -2.17. The van der Waals surface area contributed by atoms with E-state index in [-0.39, 0.29) is 4.87 Å². The number of aromatic amines is 1. The molecule has 170 valence electrons. The highest BCUT2D eigenvalue weighted by Crippen LogP contribution is 2.22. The molecular weight excluding hydrogens is 452 g/mol. The van der Waals surface area contributed by atoms with E-state index in [1.165, 1.54) is 0 Å². The second-order valence-corrected chi connectivity index (χ2v) is 8.53. The molecule has 34 heavy (non-hydrogen) atoms. The maximum Gasteiger partial charge on any atom is 0.308 e. The lowest BCUT2D eigenvalue weighted by Gasteiger charge is -2.09. The van der Waals surface area contributed by atoms with E-state index in [0.717, 1.165) is 44.0 Å². The fraction of sp³-hybridized carbons (Fsp3) is 0.125. The third-order valence-corrected chi connectivity index (χ3v) is 6.30. The van der Waals surface area contributed by atoms with Gasteiger partial charge in [0, 0.05) is 17.5 Å². The third kappa shape index (κ3) is 4.57. The Morgan fingerprint density at radius 1 is 1.06 bits per heavy atom. The summed E-state index contributed by atoms with van der Waals surface area (Å²) in [7, 11) is 0. The number of fused-ring (bicyclic) bond motifs is 1. The van der Waals surface area contributed by atoms with E-state index in [1.54, 1.807) is 4.57 Å². The molecule has 0 saturated heterocycles. The number of rotatable bonds is 8. The molecule has 0 bridgehead atoms. The summed E-state index contributed by atoms with van der Waals surface area (Å²) >= 11 is 1.16. The number of nitrogens with zero attached hydrogens (tertiary/aromatic N) is 5. The first kappa shape index (κ1) is 21.5. The number of oxime groups is 1. The maximum atomic E-state index is 12.6. The molecule has 2 aromatic heterocycles. The second-order valence-electron chi connectivity index (χ2n) is 7.53. The summed E-state index contributed by atoms with van der Waals surface area (Å²) < 4.78 is 8.38. The van der Waals surface area contributed by atoms with Crippen molar-refractivity contribution in [2.45, 2.75) is 13.0 Å². The van der Waals surface area contributed by atoms with Crippen molar-refractivity contribution in [3.05, 3.63) is 105 Å². The molecule has 0 aliphatic rings. The van der Waals surface area contributed by atoms with Gasteiger partial charge >= 0.3 is 4.87 Å². The molecule has 3 aromatic carbocycles. The predicted molar refractivity (Wildman–Crippen MR) is 129 cm³/mol. The molecule has 10 heteroatoms. The van der Waals surface area contributed by atoms with Crippen molar-refractivity contribution in [2.75, 3.05) is 6.61 Å². The van der Waals surface area contributed by atoms with Gasteiger partial charge in [0.1, 0.15) is 18.1 Å². The Bertz CT molecular complexity index is 1480. The van der Waals surface area contributed by atoms with Crippen LogP contribution in [0.4, 0.5) is 0 Å². The first-order valence-electron chi connectivity index (χ1n) is 10.6. The molecule has 0 aliphatic carbocycles. The van der Waals surface area contributed by atoms with Crippen LogP contribution in [-0.2, 0) is 13.0 Å². The highest BCUT2D eigenvalue weighted by atomic mass is 32.1. The van der Waals surface area contributed by atoms with Gasteiger partial charge in [0.05, 0.1) is 16.8 Å². The topological polar surface area (TPSA) is 118 Å². The monoisotopic (exact) mass is 472 g/mol. The number of benzene rings is 3. The molecule has 0 aliphatic heterocycles. The first-order chi connectivity index (χ1) is 16.7. The van der Waals surface area contributed by atoms with Gasteiger partial charge in [-0.1, -0.05) is 65.0 Å². The van der Waals surface area contributed by atoms with E-state index in [9.17, 15) is 10.0 Å². The summed E-state index contributed by atoms with van der Waals surface area (Å²) in [4.78, 5) is 12.6. The van der Waals surface area contributed by atoms with E-state index in [4.69, 9.17) is 4.74 Å². The van der Waals surface area contributed by atoms with Crippen LogP contribution in [0.25, 0.3) is 10.2 Å². The highest BCUT2D eigenvalue weighted by molar-refractivity contribution is 7.16. The molecule has 0 atom stereocenters. The summed E-state index contributed by atoms with van der Waals surface area (Å²) in [5.74, 6) is 1.42. The van der Waals surface area contributed by atoms with Gasteiger partial charge in [-0.2, -0.15) is 0 Å². The van der Waals surface area contributed by atoms with E-state index in [2.05, 4.69) is 25.8 Å². The van der Waals surface area contributed by atoms with Gasteiger partial charge in [-0.15, -0.1) is 5.10 Å². The van der Waals surface area contributed by atoms with Gasteiger partial charge in [-0.25, -0.2) is 5.10 Å². The number of aromatic nitrogens is 5. The molecule has 2 heterocycles. The standard InChI is InChI=1S/C24H20N6O3S/c31-24-30(12-13-33-19-9-6-16(7-10-19)14-22-25-28-29-26-22)20-11-8-18(15-21(20)34-24)23(27-32)17-4-2-1-3-5-17/h1-11,15,32H,12-14H2,(H,25,26,28,29)/b27-23+. The molecule has 9 nitrogen and oxygen atoms in total. The molecule has 0 amide bonds. The largest absolute Gasteiger partial charge is 0.492 e. The predicted octanol–water partition coefficient (Wildman–Crippen LogP) is 3.47. The van der Waals surface area contributed by atoms with Gasteiger partial charge in [0.15, 0.2) is 5.82 Å². The lowest BCUT2D eigenvalue weighted by molar-refractivity contribution is 0.299. The number of H-pyrrole nitrogens is 1. The van der Waals surface area contributed by atoms with E-state index < -0.39 is 0 Å². The average molecular weight is 473 g/mol.